The van der Waals surface area contributed by atoms with Crippen LogP contribution in [0, 0.1) is 5.41 Å². The van der Waals surface area contributed by atoms with Crippen LogP contribution in [0.3, 0.4) is 0 Å². The molecule has 1 unspecified atom stereocenters. The van der Waals surface area contributed by atoms with Gasteiger partial charge in [0, 0.05) is 19.1 Å². The van der Waals surface area contributed by atoms with Gasteiger partial charge in [0.05, 0.1) is 0 Å². The van der Waals surface area contributed by atoms with Gasteiger partial charge in [0.2, 0.25) is 0 Å². The first-order chi connectivity index (χ1) is 7.60. The van der Waals surface area contributed by atoms with Crippen LogP contribution in [-0.4, -0.2) is 37.1 Å². The average molecular weight is 226 g/mol. The Kier molecular flexibility index (Phi) is 5.77. The molecule has 0 aromatic carbocycles. The first kappa shape index (κ1) is 14.0. The van der Waals surface area contributed by atoms with E-state index in [0.29, 0.717) is 5.41 Å². The first-order valence-electron chi connectivity index (χ1n) is 7.06. The Morgan fingerprint density at radius 2 is 2.00 bits per heavy atom. The number of nitrogens with one attached hydrogen (secondary N) is 1. The quantitative estimate of drug-likeness (QED) is 0.718. The van der Waals surface area contributed by atoms with Crippen molar-refractivity contribution in [3.05, 3.63) is 0 Å². The lowest BCUT2D eigenvalue weighted by Gasteiger charge is -2.29. The molecule has 2 heteroatoms. The first-order valence-corrected chi connectivity index (χ1v) is 7.06. The van der Waals surface area contributed by atoms with Crippen LogP contribution in [-0.2, 0) is 0 Å². The van der Waals surface area contributed by atoms with E-state index >= 15 is 0 Å². The summed E-state index contributed by atoms with van der Waals surface area (Å²) in [4.78, 5) is 2.54. The minimum absolute atomic E-state index is 0.516. The SMILES string of the molecule is CCCN(CC)CCNC1CCCC1(C)C. The van der Waals surface area contributed by atoms with Crippen molar-refractivity contribution in [3.63, 3.8) is 0 Å². The van der Waals surface area contributed by atoms with Crippen LogP contribution in [0.5, 0.6) is 0 Å². The average Bonchev–Trinajstić information content (AvgIpc) is 2.57. The molecule has 0 aromatic heterocycles. The fraction of sp³-hybridized carbons (Fsp3) is 1.00. The summed E-state index contributed by atoms with van der Waals surface area (Å²) in [5.41, 5.74) is 0.516. The van der Waals surface area contributed by atoms with Gasteiger partial charge in [0.15, 0.2) is 0 Å². The van der Waals surface area contributed by atoms with E-state index in [2.05, 4.69) is 37.9 Å². The largest absolute Gasteiger partial charge is 0.312 e. The van der Waals surface area contributed by atoms with Crippen LogP contribution in [0.4, 0.5) is 0 Å². The van der Waals surface area contributed by atoms with Gasteiger partial charge in [-0.15, -0.1) is 0 Å². The molecule has 0 aromatic rings. The van der Waals surface area contributed by atoms with Crippen molar-refractivity contribution in [2.24, 2.45) is 5.41 Å². The van der Waals surface area contributed by atoms with Crippen LogP contribution < -0.4 is 5.32 Å². The Bertz CT molecular complexity index is 189. The smallest absolute Gasteiger partial charge is 0.0119 e. The van der Waals surface area contributed by atoms with Crippen LogP contribution in [0.25, 0.3) is 0 Å². The highest BCUT2D eigenvalue weighted by Gasteiger charge is 2.33. The van der Waals surface area contributed by atoms with E-state index in [1.165, 1.54) is 45.3 Å². The second-order valence-corrected chi connectivity index (χ2v) is 5.82. The summed E-state index contributed by atoms with van der Waals surface area (Å²) < 4.78 is 0. The van der Waals surface area contributed by atoms with Crippen molar-refractivity contribution < 1.29 is 0 Å². The maximum atomic E-state index is 3.75. The molecule has 0 bridgehead atoms. The van der Waals surface area contributed by atoms with E-state index in [1.54, 1.807) is 0 Å². The Morgan fingerprint density at radius 1 is 1.25 bits per heavy atom. The summed E-state index contributed by atoms with van der Waals surface area (Å²) in [5, 5.41) is 3.75. The fourth-order valence-electron chi connectivity index (χ4n) is 2.85. The molecule has 2 nitrogen and oxygen atoms in total. The molecule has 0 radical (unpaired) electrons. The van der Waals surface area contributed by atoms with Crippen molar-refractivity contribution in [1.82, 2.24) is 10.2 Å². The van der Waals surface area contributed by atoms with Gasteiger partial charge in [-0.3, -0.25) is 0 Å². The van der Waals surface area contributed by atoms with Crippen molar-refractivity contribution in [2.45, 2.75) is 59.4 Å². The number of nitrogens with zero attached hydrogens (tertiary/aromatic N) is 1. The lowest BCUT2D eigenvalue weighted by atomic mass is 9.87. The predicted octanol–water partition coefficient (Wildman–Crippen LogP) is 2.89. The Balaban J connectivity index is 2.19. The van der Waals surface area contributed by atoms with Crippen molar-refractivity contribution in [3.8, 4) is 0 Å². The van der Waals surface area contributed by atoms with E-state index in [1.807, 2.05) is 0 Å². The second-order valence-electron chi connectivity index (χ2n) is 5.82. The number of rotatable bonds is 7. The van der Waals surface area contributed by atoms with Gasteiger partial charge < -0.3 is 10.2 Å². The zero-order valence-corrected chi connectivity index (χ0v) is 11.7. The fourth-order valence-corrected chi connectivity index (χ4v) is 2.85. The van der Waals surface area contributed by atoms with Crippen LogP contribution >= 0.6 is 0 Å². The molecular weight excluding hydrogens is 196 g/mol. The normalized spacial score (nSPS) is 24.2. The summed E-state index contributed by atoms with van der Waals surface area (Å²) in [7, 11) is 0. The molecule has 1 atom stereocenters. The predicted molar refractivity (Wildman–Crippen MR) is 71.8 cm³/mol. The summed E-state index contributed by atoms with van der Waals surface area (Å²) in [6.45, 7) is 14.1. The number of hydrogen-bond donors (Lipinski definition) is 1. The third kappa shape index (κ3) is 4.06. The van der Waals surface area contributed by atoms with Gasteiger partial charge in [0.25, 0.3) is 0 Å². The third-order valence-corrected chi connectivity index (χ3v) is 4.06. The van der Waals surface area contributed by atoms with Gasteiger partial charge >= 0.3 is 0 Å². The van der Waals surface area contributed by atoms with Crippen LogP contribution in [0.1, 0.15) is 53.4 Å². The van der Waals surface area contributed by atoms with Gasteiger partial charge in [0.1, 0.15) is 0 Å². The standard InChI is InChI=1S/C14H30N2/c1-5-11-16(6-2)12-10-15-13-8-7-9-14(13,3)4/h13,15H,5-12H2,1-4H3. The highest BCUT2D eigenvalue weighted by Crippen LogP contribution is 2.36. The van der Waals surface area contributed by atoms with E-state index in [9.17, 15) is 0 Å². The third-order valence-electron chi connectivity index (χ3n) is 4.06. The summed E-state index contributed by atoms with van der Waals surface area (Å²) in [5.74, 6) is 0. The highest BCUT2D eigenvalue weighted by molar-refractivity contribution is 4.90. The van der Waals surface area contributed by atoms with Gasteiger partial charge in [-0.2, -0.15) is 0 Å². The monoisotopic (exact) mass is 226 g/mol. The molecule has 1 aliphatic carbocycles. The minimum atomic E-state index is 0.516. The molecule has 16 heavy (non-hydrogen) atoms. The van der Waals surface area contributed by atoms with Crippen molar-refractivity contribution >= 4 is 0 Å². The Labute approximate surface area is 102 Å². The molecule has 0 aliphatic heterocycles. The zero-order chi connectivity index (χ0) is 12.0. The molecule has 1 aliphatic rings. The topological polar surface area (TPSA) is 15.3 Å². The van der Waals surface area contributed by atoms with Crippen LogP contribution in [0.2, 0.25) is 0 Å². The van der Waals surface area contributed by atoms with Crippen molar-refractivity contribution in [1.29, 1.82) is 0 Å². The maximum absolute atomic E-state index is 3.75. The number of hydrogen-bond acceptors (Lipinski definition) is 2. The molecule has 1 rings (SSSR count). The summed E-state index contributed by atoms with van der Waals surface area (Å²) in [6, 6.07) is 0.743. The van der Waals surface area contributed by atoms with Gasteiger partial charge in [-0.25, -0.2) is 0 Å². The van der Waals surface area contributed by atoms with E-state index < -0.39 is 0 Å². The van der Waals surface area contributed by atoms with E-state index in [0.717, 1.165) is 12.6 Å². The van der Waals surface area contributed by atoms with Gasteiger partial charge in [-0.1, -0.05) is 34.1 Å². The summed E-state index contributed by atoms with van der Waals surface area (Å²) in [6.07, 6.45) is 5.42. The lowest BCUT2D eigenvalue weighted by molar-refractivity contribution is 0.248. The maximum Gasteiger partial charge on any atom is 0.0119 e. The summed E-state index contributed by atoms with van der Waals surface area (Å²) >= 11 is 0. The Hall–Kier alpha value is -0.0800. The molecule has 1 N–H and O–H groups in total. The van der Waals surface area contributed by atoms with Crippen molar-refractivity contribution in [2.75, 3.05) is 26.2 Å². The molecule has 0 saturated heterocycles. The minimum Gasteiger partial charge on any atom is -0.312 e. The van der Waals surface area contributed by atoms with Gasteiger partial charge in [-0.05, 0) is 37.8 Å². The number of likely N-dealkylation sites (N-methyl/N-ethyl adjacent to an activating group) is 1. The van der Waals surface area contributed by atoms with Crippen LogP contribution in [0.15, 0.2) is 0 Å². The molecule has 0 amide bonds. The lowest BCUT2D eigenvalue weighted by Crippen LogP contribution is -2.42. The van der Waals surface area contributed by atoms with E-state index in [4.69, 9.17) is 0 Å². The van der Waals surface area contributed by atoms with E-state index in [-0.39, 0.29) is 0 Å². The second kappa shape index (κ2) is 6.61. The molecular formula is C14H30N2. The Morgan fingerprint density at radius 3 is 2.50 bits per heavy atom. The molecule has 0 spiro atoms. The molecule has 0 heterocycles. The zero-order valence-electron chi connectivity index (χ0n) is 11.7. The molecule has 1 saturated carbocycles. The molecule has 1 fully saturated rings. The molecule has 96 valence electrons. The highest BCUT2D eigenvalue weighted by atomic mass is 15.1.